The Balaban J connectivity index is 2.26. The molecule has 1 aromatic carbocycles. The van der Waals surface area contributed by atoms with Crippen LogP contribution in [0.25, 0.3) is 0 Å². The summed E-state index contributed by atoms with van der Waals surface area (Å²) in [6.45, 7) is 2.30. The van der Waals surface area contributed by atoms with Gasteiger partial charge in [0.25, 0.3) is 0 Å². The molecule has 0 aromatic heterocycles. The van der Waals surface area contributed by atoms with Crippen molar-refractivity contribution in [1.82, 2.24) is 0 Å². The summed E-state index contributed by atoms with van der Waals surface area (Å²) in [7, 11) is 2.17. The van der Waals surface area contributed by atoms with Crippen molar-refractivity contribution >= 4 is 33.2 Å². The zero-order valence-corrected chi connectivity index (χ0v) is 12.1. The number of anilines is 1. The molecule has 0 spiro atoms. The predicted molar refractivity (Wildman–Crippen MR) is 74.7 cm³/mol. The van der Waals surface area contributed by atoms with Gasteiger partial charge in [-0.05, 0) is 43.4 Å². The molecule has 1 fully saturated rings. The molecule has 0 radical (unpaired) electrons. The summed E-state index contributed by atoms with van der Waals surface area (Å²) >= 11 is 9.61. The second-order valence-corrected chi connectivity index (χ2v) is 5.59. The van der Waals surface area contributed by atoms with Crippen LogP contribution in [0.5, 0.6) is 0 Å². The van der Waals surface area contributed by atoms with Crippen LogP contribution in [0.2, 0.25) is 5.02 Å². The zero-order chi connectivity index (χ0) is 11.7. The van der Waals surface area contributed by atoms with Gasteiger partial charge in [0.15, 0.2) is 0 Å². The Bertz CT molecular complexity index is 376. The van der Waals surface area contributed by atoms with Crippen LogP contribution in [0.1, 0.15) is 25.3 Å². The topological polar surface area (TPSA) is 3.24 Å². The van der Waals surface area contributed by atoms with E-state index in [-0.39, 0.29) is 0 Å². The minimum Gasteiger partial charge on any atom is -0.371 e. The van der Waals surface area contributed by atoms with Gasteiger partial charge < -0.3 is 4.90 Å². The van der Waals surface area contributed by atoms with Gasteiger partial charge in [0.1, 0.15) is 0 Å². The highest BCUT2D eigenvalue weighted by Gasteiger charge is 2.31. The highest BCUT2D eigenvalue weighted by molar-refractivity contribution is 9.08. The largest absolute Gasteiger partial charge is 0.371 e. The van der Waals surface area contributed by atoms with Gasteiger partial charge in [-0.15, -0.1) is 0 Å². The van der Waals surface area contributed by atoms with Crippen LogP contribution in [-0.4, -0.2) is 13.1 Å². The van der Waals surface area contributed by atoms with E-state index in [1.807, 2.05) is 6.07 Å². The van der Waals surface area contributed by atoms with Crippen LogP contribution in [0, 0.1) is 5.92 Å². The Labute approximate surface area is 111 Å². The van der Waals surface area contributed by atoms with Gasteiger partial charge in [0.05, 0.1) is 0 Å². The summed E-state index contributed by atoms with van der Waals surface area (Å²) in [4.78, 5) is 2.36. The summed E-state index contributed by atoms with van der Waals surface area (Å²) in [5.74, 6) is 0.868. The summed E-state index contributed by atoms with van der Waals surface area (Å²) in [6.07, 6.45) is 2.74. The molecule has 1 atom stereocenters. The van der Waals surface area contributed by atoms with Crippen molar-refractivity contribution in [2.45, 2.75) is 31.1 Å². The molecule has 16 heavy (non-hydrogen) atoms. The van der Waals surface area contributed by atoms with E-state index in [0.717, 1.165) is 16.3 Å². The molecule has 1 nitrogen and oxygen atoms in total. The molecule has 1 aliphatic carbocycles. The molecular weight excluding hydrogens is 286 g/mol. The average molecular weight is 303 g/mol. The highest BCUT2D eigenvalue weighted by Crippen LogP contribution is 2.37. The molecule has 1 unspecified atom stereocenters. The second-order valence-electron chi connectivity index (χ2n) is 4.60. The maximum Gasteiger partial charge on any atom is 0.0426 e. The Morgan fingerprint density at radius 2 is 2.19 bits per heavy atom. The van der Waals surface area contributed by atoms with Crippen LogP contribution in [-0.2, 0) is 5.33 Å². The molecule has 2 rings (SSSR count). The standard InChI is InChI=1S/C13H17BrClN/c1-9(10-3-4-10)16(2)13-7-12(15)6-5-11(13)8-14/h5-7,9-10H,3-4,8H2,1-2H3. The SMILES string of the molecule is CC(C1CC1)N(C)c1cc(Cl)ccc1CBr. The third-order valence-corrected chi connectivity index (χ3v) is 4.33. The van der Waals surface area contributed by atoms with Crippen molar-refractivity contribution in [2.75, 3.05) is 11.9 Å². The molecule has 0 aliphatic heterocycles. The fourth-order valence-electron chi connectivity index (χ4n) is 2.09. The maximum atomic E-state index is 6.08. The van der Waals surface area contributed by atoms with E-state index in [4.69, 9.17) is 11.6 Å². The lowest BCUT2D eigenvalue weighted by atomic mass is 10.1. The molecule has 1 saturated carbocycles. The van der Waals surface area contributed by atoms with Crippen molar-refractivity contribution in [3.05, 3.63) is 28.8 Å². The van der Waals surface area contributed by atoms with Gasteiger partial charge in [-0.2, -0.15) is 0 Å². The van der Waals surface area contributed by atoms with Gasteiger partial charge in [-0.3, -0.25) is 0 Å². The molecular formula is C13H17BrClN. The van der Waals surface area contributed by atoms with E-state index < -0.39 is 0 Å². The number of hydrogen-bond donors (Lipinski definition) is 0. The normalized spacial score (nSPS) is 17.2. The van der Waals surface area contributed by atoms with Crippen molar-refractivity contribution in [2.24, 2.45) is 5.92 Å². The summed E-state index contributed by atoms with van der Waals surface area (Å²) < 4.78 is 0. The van der Waals surface area contributed by atoms with E-state index >= 15 is 0 Å². The van der Waals surface area contributed by atoms with Crippen molar-refractivity contribution in [1.29, 1.82) is 0 Å². The number of nitrogens with zero attached hydrogens (tertiary/aromatic N) is 1. The first-order valence-corrected chi connectivity index (χ1v) is 7.20. The lowest BCUT2D eigenvalue weighted by Gasteiger charge is -2.29. The van der Waals surface area contributed by atoms with Crippen molar-refractivity contribution in [3.63, 3.8) is 0 Å². The maximum absolute atomic E-state index is 6.08. The number of hydrogen-bond acceptors (Lipinski definition) is 1. The molecule has 1 aliphatic rings. The highest BCUT2D eigenvalue weighted by atomic mass is 79.9. The van der Waals surface area contributed by atoms with Crippen LogP contribution < -0.4 is 4.90 Å². The second kappa shape index (κ2) is 4.97. The molecule has 0 saturated heterocycles. The number of benzene rings is 1. The minimum atomic E-state index is 0.608. The van der Waals surface area contributed by atoms with E-state index in [0.29, 0.717) is 6.04 Å². The minimum absolute atomic E-state index is 0.608. The summed E-state index contributed by atoms with van der Waals surface area (Å²) in [5, 5.41) is 1.69. The summed E-state index contributed by atoms with van der Waals surface area (Å²) in [5.41, 5.74) is 2.56. The Morgan fingerprint density at radius 1 is 1.50 bits per heavy atom. The van der Waals surface area contributed by atoms with E-state index in [9.17, 15) is 0 Å². The van der Waals surface area contributed by atoms with E-state index in [2.05, 4.69) is 46.9 Å². The summed E-state index contributed by atoms with van der Waals surface area (Å²) in [6, 6.07) is 6.73. The van der Waals surface area contributed by atoms with Crippen molar-refractivity contribution < 1.29 is 0 Å². The van der Waals surface area contributed by atoms with Gasteiger partial charge in [-0.1, -0.05) is 33.6 Å². The van der Waals surface area contributed by atoms with Crippen LogP contribution in [0.15, 0.2) is 18.2 Å². The van der Waals surface area contributed by atoms with Gasteiger partial charge in [0, 0.05) is 29.1 Å². The van der Waals surface area contributed by atoms with Gasteiger partial charge in [0.2, 0.25) is 0 Å². The Morgan fingerprint density at radius 3 is 2.75 bits per heavy atom. The van der Waals surface area contributed by atoms with Crippen LogP contribution in [0.3, 0.4) is 0 Å². The Kier molecular flexibility index (Phi) is 3.81. The van der Waals surface area contributed by atoms with E-state index in [1.54, 1.807) is 0 Å². The molecule has 1 aromatic rings. The first kappa shape index (κ1) is 12.3. The molecule has 0 N–H and O–H groups in total. The monoisotopic (exact) mass is 301 g/mol. The fourth-order valence-corrected chi connectivity index (χ4v) is 2.73. The zero-order valence-electron chi connectivity index (χ0n) is 9.71. The lowest BCUT2D eigenvalue weighted by molar-refractivity contribution is 0.608. The number of rotatable bonds is 4. The smallest absolute Gasteiger partial charge is 0.0426 e. The molecule has 88 valence electrons. The van der Waals surface area contributed by atoms with Crippen LogP contribution >= 0.6 is 27.5 Å². The predicted octanol–water partition coefficient (Wildman–Crippen LogP) is 4.47. The molecule has 0 bridgehead atoms. The Hall–Kier alpha value is -0.210. The first-order valence-electron chi connectivity index (χ1n) is 5.70. The number of alkyl halides is 1. The molecule has 3 heteroatoms. The molecule has 0 heterocycles. The first-order chi connectivity index (χ1) is 7.63. The van der Waals surface area contributed by atoms with Gasteiger partial charge >= 0.3 is 0 Å². The quantitative estimate of drug-likeness (QED) is 0.742. The lowest BCUT2D eigenvalue weighted by Crippen LogP contribution is -2.31. The third kappa shape index (κ3) is 2.54. The number of halogens is 2. The van der Waals surface area contributed by atoms with Crippen LogP contribution in [0.4, 0.5) is 5.69 Å². The van der Waals surface area contributed by atoms with E-state index in [1.165, 1.54) is 24.1 Å². The average Bonchev–Trinajstić information content (AvgIpc) is 3.11. The van der Waals surface area contributed by atoms with Gasteiger partial charge in [-0.25, -0.2) is 0 Å². The fraction of sp³-hybridized carbons (Fsp3) is 0.538. The van der Waals surface area contributed by atoms with Crippen molar-refractivity contribution in [3.8, 4) is 0 Å². The third-order valence-electron chi connectivity index (χ3n) is 3.49. The molecule has 0 amide bonds.